The zero-order valence-corrected chi connectivity index (χ0v) is 17.6. The predicted molar refractivity (Wildman–Crippen MR) is 113 cm³/mol. The number of esters is 1. The number of nitro groups is 1. The average Bonchev–Trinajstić information content (AvgIpc) is 3.25. The van der Waals surface area contributed by atoms with E-state index >= 15 is 0 Å². The Kier molecular flexibility index (Phi) is 7.27. The molecule has 0 radical (unpaired) electrons. The van der Waals surface area contributed by atoms with Gasteiger partial charge >= 0.3 is 5.97 Å². The van der Waals surface area contributed by atoms with E-state index in [1.165, 1.54) is 24.3 Å². The van der Waals surface area contributed by atoms with Gasteiger partial charge in [-0.1, -0.05) is 44.2 Å². The molecule has 2 aromatic carbocycles. The summed E-state index contributed by atoms with van der Waals surface area (Å²) in [6.45, 7) is 3.33. The van der Waals surface area contributed by atoms with Crippen molar-refractivity contribution in [2.45, 2.75) is 32.9 Å². The Labute approximate surface area is 183 Å². The van der Waals surface area contributed by atoms with Gasteiger partial charge in [0.15, 0.2) is 6.61 Å². The fourth-order valence-corrected chi connectivity index (χ4v) is 2.88. The second-order valence-electron chi connectivity index (χ2n) is 7.36. The zero-order chi connectivity index (χ0) is 23.1. The van der Waals surface area contributed by atoms with E-state index in [2.05, 4.69) is 15.5 Å². The Balaban J connectivity index is 1.57. The highest BCUT2D eigenvalue weighted by Crippen LogP contribution is 2.21. The van der Waals surface area contributed by atoms with Gasteiger partial charge in [0.1, 0.15) is 6.04 Å². The number of benzene rings is 2. The van der Waals surface area contributed by atoms with Crippen molar-refractivity contribution < 1.29 is 23.7 Å². The molecule has 0 spiro atoms. The molecule has 0 bridgehead atoms. The number of rotatable bonds is 9. The Morgan fingerprint density at radius 1 is 1.09 bits per heavy atom. The van der Waals surface area contributed by atoms with Crippen molar-refractivity contribution in [2.75, 3.05) is 0 Å². The van der Waals surface area contributed by atoms with Gasteiger partial charge in [-0.15, -0.1) is 10.2 Å². The van der Waals surface area contributed by atoms with Crippen LogP contribution < -0.4 is 5.32 Å². The van der Waals surface area contributed by atoms with Crippen molar-refractivity contribution in [1.82, 2.24) is 15.5 Å². The van der Waals surface area contributed by atoms with Crippen molar-refractivity contribution in [2.24, 2.45) is 5.92 Å². The maximum Gasteiger partial charge on any atom is 0.329 e. The van der Waals surface area contributed by atoms with E-state index in [1.807, 2.05) is 30.3 Å². The Morgan fingerprint density at radius 3 is 2.41 bits per heavy atom. The van der Waals surface area contributed by atoms with Gasteiger partial charge in [0.05, 0.1) is 11.3 Å². The van der Waals surface area contributed by atoms with Crippen LogP contribution in [-0.2, 0) is 27.4 Å². The normalized spacial score (nSPS) is 11.7. The van der Waals surface area contributed by atoms with Crippen LogP contribution in [0.15, 0.2) is 59.0 Å². The summed E-state index contributed by atoms with van der Waals surface area (Å²) in [6, 6.07) is 14.0. The predicted octanol–water partition coefficient (Wildman–Crippen LogP) is 3.07. The molecule has 3 aromatic rings. The molecule has 0 unspecified atom stereocenters. The maximum atomic E-state index is 12.5. The van der Waals surface area contributed by atoms with Gasteiger partial charge in [-0.2, -0.15) is 0 Å². The van der Waals surface area contributed by atoms with Gasteiger partial charge in [0.25, 0.3) is 11.6 Å². The molecular weight excluding hydrogens is 416 g/mol. The van der Waals surface area contributed by atoms with Gasteiger partial charge in [-0.3, -0.25) is 14.9 Å². The van der Waals surface area contributed by atoms with E-state index < -0.39 is 16.9 Å². The molecule has 0 saturated carbocycles. The Morgan fingerprint density at radius 2 is 1.78 bits per heavy atom. The molecule has 0 aliphatic heterocycles. The molecule has 1 amide bonds. The van der Waals surface area contributed by atoms with Gasteiger partial charge in [-0.25, -0.2) is 4.79 Å². The molecule has 1 heterocycles. The molecule has 0 fully saturated rings. The molecule has 166 valence electrons. The summed E-state index contributed by atoms with van der Waals surface area (Å²) in [5.41, 5.74) is 1.27. The van der Waals surface area contributed by atoms with Crippen LogP contribution in [0.5, 0.6) is 0 Å². The Hall–Kier alpha value is -4.08. The highest BCUT2D eigenvalue weighted by atomic mass is 16.6. The molecule has 3 rings (SSSR count). The summed E-state index contributed by atoms with van der Waals surface area (Å²) < 4.78 is 10.7. The molecule has 1 atom stereocenters. The molecule has 32 heavy (non-hydrogen) atoms. The molecule has 10 heteroatoms. The number of amides is 1. The fraction of sp³-hybridized carbons (Fsp3) is 0.273. The van der Waals surface area contributed by atoms with Crippen molar-refractivity contribution in [3.63, 3.8) is 0 Å². The summed E-state index contributed by atoms with van der Waals surface area (Å²) in [4.78, 5) is 35.1. The van der Waals surface area contributed by atoms with E-state index in [9.17, 15) is 19.7 Å². The standard InChI is InChI=1S/C22H22N4O6/c1-14(2)20(23-18(27)12-15-6-4-3-5-7-15)22(28)31-13-19-24-25-21(32-19)16-8-10-17(11-9-16)26(29)30/h3-11,14,20H,12-13H2,1-2H3,(H,23,27)/t20-/m0/s1. The number of carbonyl (C=O) groups excluding carboxylic acids is 2. The average molecular weight is 438 g/mol. The lowest BCUT2D eigenvalue weighted by Gasteiger charge is -2.20. The van der Waals surface area contributed by atoms with Crippen LogP contribution in [0.1, 0.15) is 25.3 Å². The smallest absolute Gasteiger partial charge is 0.329 e. The van der Waals surface area contributed by atoms with Crippen molar-refractivity contribution in [3.05, 3.63) is 76.2 Å². The van der Waals surface area contributed by atoms with Gasteiger partial charge in [0, 0.05) is 17.7 Å². The molecule has 0 aliphatic rings. The van der Waals surface area contributed by atoms with Crippen LogP contribution in [-0.4, -0.2) is 33.0 Å². The lowest BCUT2D eigenvalue weighted by Crippen LogP contribution is -2.45. The third kappa shape index (κ3) is 5.97. The third-order valence-corrected chi connectivity index (χ3v) is 4.57. The number of hydrogen-bond acceptors (Lipinski definition) is 8. The number of nitrogens with one attached hydrogen (secondary N) is 1. The summed E-state index contributed by atoms with van der Waals surface area (Å²) in [5.74, 6) is -0.894. The van der Waals surface area contributed by atoms with Crippen molar-refractivity contribution in [3.8, 4) is 11.5 Å². The minimum atomic E-state index is -0.830. The first-order chi connectivity index (χ1) is 15.3. The highest BCUT2D eigenvalue weighted by molar-refractivity contribution is 5.85. The van der Waals surface area contributed by atoms with Crippen LogP contribution >= 0.6 is 0 Å². The number of nitrogens with zero attached hydrogens (tertiary/aromatic N) is 3. The molecule has 1 aromatic heterocycles. The van der Waals surface area contributed by atoms with Crippen LogP contribution in [0.3, 0.4) is 0 Å². The number of nitro benzene ring substituents is 1. The second kappa shape index (κ2) is 10.3. The summed E-state index contributed by atoms with van der Waals surface area (Å²) in [7, 11) is 0. The topological polar surface area (TPSA) is 137 Å². The van der Waals surface area contributed by atoms with E-state index in [0.717, 1.165) is 5.56 Å². The summed E-state index contributed by atoms with van der Waals surface area (Å²) >= 11 is 0. The fourth-order valence-electron chi connectivity index (χ4n) is 2.88. The van der Waals surface area contributed by atoms with E-state index in [1.54, 1.807) is 13.8 Å². The van der Waals surface area contributed by atoms with Crippen LogP contribution in [0.4, 0.5) is 5.69 Å². The summed E-state index contributed by atoms with van der Waals surface area (Å²) in [5, 5.41) is 21.1. The number of aromatic nitrogens is 2. The van der Waals surface area contributed by atoms with Crippen LogP contribution in [0.25, 0.3) is 11.5 Å². The SMILES string of the molecule is CC(C)[C@H](NC(=O)Cc1ccccc1)C(=O)OCc1nnc(-c2ccc([N+](=O)[O-])cc2)o1. The van der Waals surface area contributed by atoms with Crippen LogP contribution in [0, 0.1) is 16.0 Å². The third-order valence-electron chi connectivity index (χ3n) is 4.57. The number of carbonyl (C=O) groups is 2. The Bertz CT molecular complexity index is 1080. The molecule has 1 N–H and O–H groups in total. The largest absolute Gasteiger partial charge is 0.454 e. The van der Waals surface area contributed by atoms with Crippen LogP contribution in [0.2, 0.25) is 0 Å². The number of non-ortho nitro benzene ring substituents is 1. The minimum absolute atomic E-state index is 0.0588. The number of ether oxygens (including phenoxy) is 1. The second-order valence-corrected chi connectivity index (χ2v) is 7.36. The summed E-state index contributed by atoms with van der Waals surface area (Å²) in [6.07, 6.45) is 0.152. The maximum absolute atomic E-state index is 12.5. The minimum Gasteiger partial charge on any atom is -0.454 e. The van der Waals surface area contributed by atoms with Gasteiger partial charge in [-0.05, 0) is 23.6 Å². The van der Waals surface area contributed by atoms with E-state index in [4.69, 9.17) is 9.15 Å². The van der Waals surface area contributed by atoms with Crippen molar-refractivity contribution >= 4 is 17.6 Å². The molecule has 10 nitrogen and oxygen atoms in total. The van der Waals surface area contributed by atoms with Gasteiger partial charge < -0.3 is 14.5 Å². The first-order valence-electron chi connectivity index (χ1n) is 9.90. The lowest BCUT2D eigenvalue weighted by atomic mass is 10.0. The first-order valence-corrected chi connectivity index (χ1v) is 9.90. The molecular formula is C22H22N4O6. The first kappa shape index (κ1) is 22.6. The van der Waals surface area contributed by atoms with E-state index in [0.29, 0.717) is 5.56 Å². The highest BCUT2D eigenvalue weighted by Gasteiger charge is 2.26. The zero-order valence-electron chi connectivity index (χ0n) is 17.6. The quantitative estimate of drug-likeness (QED) is 0.306. The van der Waals surface area contributed by atoms with Crippen molar-refractivity contribution in [1.29, 1.82) is 0 Å². The number of hydrogen-bond donors (Lipinski definition) is 1. The monoisotopic (exact) mass is 438 g/mol. The lowest BCUT2D eigenvalue weighted by molar-refractivity contribution is -0.384. The molecule has 0 saturated heterocycles. The van der Waals surface area contributed by atoms with Gasteiger partial charge in [0.2, 0.25) is 11.8 Å². The van der Waals surface area contributed by atoms with E-state index in [-0.39, 0.29) is 42.3 Å². The molecule has 0 aliphatic carbocycles.